The minimum Gasteiger partial charge on any atom is -0.492 e. The lowest BCUT2D eigenvalue weighted by molar-refractivity contribution is -0.129. The van der Waals surface area contributed by atoms with Gasteiger partial charge in [-0.1, -0.05) is 12.8 Å². The van der Waals surface area contributed by atoms with Crippen LogP contribution >= 0.6 is 0 Å². The lowest BCUT2D eigenvalue weighted by Crippen LogP contribution is -2.35. The summed E-state index contributed by atoms with van der Waals surface area (Å²) >= 11 is 0. The fourth-order valence-corrected chi connectivity index (χ4v) is 4.22. The maximum atomic E-state index is 12.8. The Kier molecular flexibility index (Phi) is 5.71. The first kappa shape index (κ1) is 19.7. The number of fused-ring (bicyclic) bond motifs is 1. The quantitative estimate of drug-likeness (QED) is 0.745. The van der Waals surface area contributed by atoms with Crippen LogP contribution in [0.25, 0.3) is 10.9 Å². The minimum absolute atomic E-state index is 0.100. The predicted molar refractivity (Wildman–Crippen MR) is 111 cm³/mol. The van der Waals surface area contributed by atoms with Crippen LogP contribution in [-0.4, -0.2) is 71.6 Å². The summed E-state index contributed by atoms with van der Waals surface area (Å²) in [4.78, 5) is 29.1. The van der Waals surface area contributed by atoms with Crippen LogP contribution in [0.3, 0.4) is 0 Å². The fourth-order valence-electron chi connectivity index (χ4n) is 4.22. The van der Waals surface area contributed by atoms with Crippen LogP contribution in [0.15, 0.2) is 18.2 Å². The molecule has 1 saturated carbocycles. The number of ether oxygens (including phenoxy) is 1. The minimum atomic E-state index is -0.316. The van der Waals surface area contributed by atoms with Gasteiger partial charge in [0.2, 0.25) is 11.8 Å². The van der Waals surface area contributed by atoms with Gasteiger partial charge in [0, 0.05) is 37.0 Å². The van der Waals surface area contributed by atoms with Crippen molar-refractivity contribution >= 4 is 28.5 Å². The number of aromatic amines is 1. The average molecular weight is 399 g/mol. The Labute approximate surface area is 170 Å². The number of rotatable bonds is 7. The fraction of sp³-hybridized carbons (Fsp3) is 0.571. The van der Waals surface area contributed by atoms with Crippen LogP contribution in [0.4, 0.5) is 5.82 Å². The highest BCUT2D eigenvalue weighted by molar-refractivity contribution is 6.02. The molecule has 2 fully saturated rings. The monoisotopic (exact) mass is 399 g/mol. The molecule has 1 saturated heterocycles. The SMILES string of the molecule is CN(C)CCOc1ccc2c(NC(=O)C3CC(=O)N(C4CCCC4)C3)n[nH]c2c1. The number of benzene rings is 1. The molecule has 2 aromatic rings. The van der Waals surface area contributed by atoms with E-state index in [0.717, 1.165) is 36.0 Å². The molecule has 2 heterocycles. The van der Waals surface area contributed by atoms with Crippen LogP contribution in [0.1, 0.15) is 32.1 Å². The third-order valence-electron chi connectivity index (χ3n) is 5.88. The standard InChI is InChI=1S/C21H29N5O3/c1-25(2)9-10-29-16-7-8-17-18(12-16)23-24-20(17)22-21(28)14-11-19(27)26(13-14)15-5-3-4-6-15/h7-8,12,14-15H,3-6,9-11,13H2,1-2H3,(H2,22,23,24,28). The molecule has 4 rings (SSSR count). The second kappa shape index (κ2) is 8.41. The highest BCUT2D eigenvalue weighted by Gasteiger charge is 2.38. The van der Waals surface area contributed by atoms with E-state index in [1.165, 1.54) is 12.8 Å². The number of aromatic nitrogens is 2. The van der Waals surface area contributed by atoms with Crippen LogP contribution < -0.4 is 10.1 Å². The second-order valence-electron chi connectivity index (χ2n) is 8.31. The molecular formula is C21H29N5O3. The van der Waals surface area contributed by atoms with Crippen molar-refractivity contribution in [2.24, 2.45) is 5.92 Å². The third-order valence-corrected chi connectivity index (χ3v) is 5.88. The number of hydrogen-bond acceptors (Lipinski definition) is 5. The molecule has 0 radical (unpaired) electrons. The van der Waals surface area contributed by atoms with Gasteiger partial charge in [0.25, 0.3) is 0 Å². The van der Waals surface area contributed by atoms with Crippen molar-refractivity contribution in [2.45, 2.75) is 38.1 Å². The number of nitrogens with zero attached hydrogens (tertiary/aromatic N) is 3. The summed E-state index contributed by atoms with van der Waals surface area (Å²) in [5.74, 6) is 0.900. The van der Waals surface area contributed by atoms with Gasteiger partial charge in [0.15, 0.2) is 5.82 Å². The van der Waals surface area contributed by atoms with Crippen LogP contribution in [0.5, 0.6) is 5.75 Å². The summed E-state index contributed by atoms with van der Waals surface area (Å²) < 4.78 is 5.75. The summed E-state index contributed by atoms with van der Waals surface area (Å²) in [6.07, 6.45) is 4.75. The van der Waals surface area contributed by atoms with Crippen LogP contribution in [0, 0.1) is 5.92 Å². The van der Waals surface area contributed by atoms with Gasteiger partial charge < -0.3 is 19.9 Å². The van der Waals surface area contributed by atoms with Crippen molar-refractivity contribution in [1.29, 1.82) is 0 Å². The Morgan fingerprint density at radius 1 is 1.34 bits per heavy atom. The van der Waals surface area contributed by atoms with Gasteiger partial charge in [-0.15, -0.1) is 0 Å². The van der Waals surface area contributed by atoms with Gasteiger partial charge in [-0.3, -0.25) is 14.7 Å². The van der Waals surface area contributed by atoms with Gasteiger partial charge in [-0.05, 0) is 39.1 Å². The van der Waals surface area contributed by atoms with E-state index in [1.807, 2.05) is 37.2 Å². The average Bonchev–Trinajstić information content (AvgIpc) is 3.41. The van der Waals surface area contributed by atoms with E-state index in [1.54, 1.807) is 0 Å². The second-order valence-corrected chi connectivity index (χ2v) is 8.31. The van der Waals surface area contributed by atoms with Crippen LogP contribution in [-0.2, 0) is 9.59 Å². The Morgan fingerprint density at radius 2 is 2.14 bits per heavy atom. The topological polar surface area (TPSA) is 90.6 Å². The van der Waals surface area contributed by atoms with E-state index < -0.39 is 0 Å². The first-order chi connectivity index (χ1) is 14.0. The maximum absolute atomic E-state index is 12.8. The van der Waals surface area contributed by atoms with E-state index in [4.69, 9.17) is 4.74 Å². The van der Waals surface area contributed by atoms with Crippen molar-refractivity contribution in [3.05, 3.63) is 18.2 Å². The lowest BCUT2D eigenvalue weighted by atomic mass is 10.1. The molecule has 1 aromatic heterocycles. The van der Waals surface area contributed by atoms with Crippen molar-refractivity contribution < 1.29 is 14.3 Å². The van der Waals surface area contributed by atoms with E-state index >= 15 is 0 Å². The largest absolute Gasteiger partial charge is 0.492 e. The van der Waals surface area contributed by atoms with Crippen molar-refractivity contribution in [2.75, 3.05) is 39.1 Å². The summed E-state index contributed by atoms with van der Waals surface area (Å²) in [5, 5.41) is 10.9. The van der Waals surface area contributed by atoms with Gasteiger partial charge in [-0.2, -0.15) is 5.10 Å². The molecule has 156 valence electrons. The molecule has 2 amide bonds. The molecule has 1 aromatic carbocycles. The van der Waals surface area contributed by atoms with Crippen LogP contribution in [0.2, 0.25) is 0 Å². The number of likely N-dealkylation sites (tertiary alicyclic amines) is 1. The molecule has 8 heteroatoms. The van der Waals surface area contributed by atoms with Gasteiger partial charge in [0.05, 0.1) is 11.4 Å². The molecule has 1 aliphatic carbocycles. The highest BCUT2D eigenvalue weighted by atomic mass is 16.5. The summed E-state index contributed by atoms with van der Waals surface area (Å²) in [6.45, 7) is 1.95. The number of likely N-dealkylation sites (N-methyl/N-ethyl adjacent to an activating group) is 1. The predicted octanol–water partition coefficient (Wildman–Crippen LogP) is 2.23. The molecule has 2 aliphatic rings. The maximum Gasteiger partial charge on any atom is 0.231 e. The van der Waals surface area contributed by atoms with E-state index in [2.05, 4.69) is 20.4 Å². The number of carbonyl (C=O) groups is 2. The first-order valence-electron chi connectivity index (χ1n) is 10.4. The number of hydrogen-bond donors (Lipinski definition) is 2. The zero-order valence-electron chi connectivity index (χ0n) is 17.1. The zero-order valence-corrected chi connectivity index (χ0v) is 17.1. The van der Waals surface area contributed by atoms with E-state index in [0.29, 0.717) is 25.0 Å². The number of anilines is 1. The Morgan fingerprint density at radius 3 is 2.90 bits per heavy atom. The van der Waals surface area contributed by atoms with Gasteiger partial charge in [0.1, 0.15) is 12.4 Å². The number of carbonyl (C=O) groups excluding carboxylic acids is 2. The molecule has 0 spiro atoms. The Bertz CT molecular complexity index is 888. The Hall–Kier alpha value is -2.61. The molecule has 1 unspecified atom stereocenters. The third kappa shape index (κ3) is 4.37. The molecule has 29 heavy (non-hydrogen) atoms. The first-order valence-corrected chi connectivity index (χ1v) is 10.4. The molecule has 1 aliphatic heterocycles. The number of nitrogens with one attached hydrogen (secondary N) is 2. The molecular weight excluding hydrogens is 370 g/mol. The van der Waals surface area contributed by atoms with Crippen molar-refractivity contribution in [3.8, 4) is 5.75 Å². The summed E-state index contributed by atoms with van der Waals surface area (Å²) in [7, 11) is 4.00. The van der Waals surface area contributed by atoms with Crippen molar-refractivity contribution in [1.82, 2.24) is 20.0 Å². The highest BCUT2D eigenvalue weighted by Crippen LogP contribution is 2.31. The van der Waals surface area contributed by atoms with Crippen molar-refractivity contribution in [3.63, 3.8) is 0 Å². The smallest absolute Gasteiger partial charge is 0.231 e. The van der Waals surface area contributed by atoms with Gasteiger partial charge in [-0.25, -0.2) is 0 Å². The molecule has 1 atom stereocenters. The Balaban J connectivity index is 1.38. The molecule has 0 bridgehead atoms. The molecule has 8 nitrogen and oxygen atoms in total. The molecule has 2 N–H and O–H groups in total. The summed E-state index contributed by atoms with van der Waals surface area (Å²) in [5.41, 5.74) is 0.803. The normalized spacial score (nSPS) is 20.2. The number of amides is 2. The lowest BCUT2D eigenvalue weighted by Gasteiger charge is -2.23. The number of H-pyrrole nitrogens is 1. The summed E-state index contributed by atoms with van der Waals surface area (Å²) in [6, 6.07) is 5.97. The zero-order chi connectivity index (χ0) is 20.4. The van der Waals surface area contributed by atoms with E-state index in [-0.39, 0.29) is 24.2 Å². The van der Waals surface area contributed by atoms with Gasteiger partial charge >= 0.3 is 0 Å². The van der Waals surface area contributed by atoms with E-state index in [9.17, 15) is 9.59 Å².